The third-order valence-corrected chi connectivity index (χ3v) is 7.54. The van der Waals surface area contributed by atoms with Crippen LogP contribution in [0.15, 0.2) is 152 Å². The molecular formula is C39H25N3. The van der Waals surface area contributed by atoms with E-state index in [1.54, 1.807) is 6.07 Å². The van der Waals surface area contributed by atoms with Crippen molar-refractivity contribution in [3.63, 3.8) is 0 Å². The van der Waals surface area contributed by atoms with Gasteiger partial charge >= 0.3 is 0 Å². The molecule has 0 saturated carbocycles. The molecule has 0 radical (unpaired) electrons. The van der Waals surface area contributed by atoms with E-state index in [0.29, 0.717) is 23.0 Å². The Bertz CT molecular complexity index is 2420. The highest BCUT2D eigenvalue weighted by Gasteiger charge is 2.14. The van der Waals surface area contributed by atoms with E-state index in [0.717, 1.165) is 49.0 Å². The fourth-order valence-corrected chi connectivity index (χ4v) is 5.35. The molecule has 3 heteroatoms. The maximum absolute atomic E-state index is 8.40. The quantitative estimate of drug-likeness (QED) is 0.223. The first-order valence-electron chi connectivity index (χ1n) is 16.2. The van der Waals surface area contributed by atoms with Crippen molar-refractivity contribution in [2.24, 2.45) is 0 Å². The summed E-state index contributed by atoms with van der Waals surface area (Å²) >= 11 is 0. The van der Waals surface area contributed by atoms with Crippen LogP contribution in [0.2, 0.25) is 0 Å². The summed E-state index contributed by atoms with van der Waals surface area (Å²) in [5, 5.41) is 6.23. The van der Waals surface area contributed by atoms with Gasteiger partial charge in [0.2, 0.25) is 0 Å². The average molecular weight is 541 g/mol. The zero-order chi connectivity index (χ0) is 32.2. The number of nitrogens with zero attached hydrogens (tertiary/aromatic N) is 3. The summed E-state index contributed by atoms with van der Waals surface area (Å²) in [6.45, 7) is 0. The molecule has 8 rings (SSSR count). The SMILES string of the molecule is [2H]c1c([2H])c([2H])c(-c2ccc3cc(-c4nc(-c5ccc6ccccc6c5)nc(-c5ccc6ccccc6c5)n4)ccc3c2)c([2H])c1[2H]. The van der Waals surface area contributed by atoms with Crippen LogP contribution in [0.4, 0.5) is 0 Å². The van der Waals surface area contributed by atoms with Crippen LogP contribution in [-0.4, -0.2) is 15.0 Å². The zero-order valence-corrected chi connectivity index (χ0v) is 22.4. The van der Waals surface area contributed by atoms with Crippen molar-refractivity contribution in [3.8, 4) is 45.3 Å². The highest BCUT2D eigenvalue weighted by atomic mass is 15.0. The van der Waals surface area contributed by atoms with E-state index in [4.69, 9.17) is 21.8 Å². The van der Waals surface area contributed by atoms with Gasteiger partial charge in [0.25, 0.3) is 0 Å². The molecule has 7 aromatic carbocycles. The van der Waals surface area contributed by atoms with Gasteiger partial charge in [-0.3, -0.25) is 0 Å². The highest BCUT2D eigenvalue weighted by Crippen LogP contribution is 2.31. The van der Waals surface area contributed by atoms with Crippen LogP contribution in [0, 0.1) is 0 Å². The molecule has 0 spiro atoms. The number of hydrogen-bond donors (Lipinski definition) is 0. The summed E-state index contributed by atoms with van der Waals surface area (Å²) in [5.74, 6) is 1.67. The molecule has 42 heavy (non-hydrogen) atoms. The molecule has 0 saturated heterocycles. The Morgan fingerprint density at radius 2 is 0.690 bits per heavy atom. The van der Waals surface area contributed by atoms with Gasteiger partial charge in [-0.2, -0.15) is 0 Å². The van der Waals surface area contributed by atoms with Gasteiger partial charge in [0.1, 0.15) is 0 Å². The third-order valence-electron chi connectivity index (χ3n) is 7.54. The molecule has 0 N–H and O–H groups in total. The fraction of sp³-hybridized carbons (Fsp3) is 0. The van der Waals surface area contributed by atoms with Gasteiger partial charge in [-0.25, -0.2) is 15.0 Å². The van der Waals surface area contributed by atoms with Gasteiger partial charge in [0.15, 0.2) is 17.5 Å². The summed E-state index contributed by atoms with van der Waals surface area (Å²) in [6, 6.07) is 38.7. The first-order chi connectivity index (χ1) is 22.8. The number of hydrogen-bond acceptors (Lipinski definition) is 3. The zero-order valence-electron chi connectivity index (χ0n) is 27.4. The van der Waals surface area contributed by atoms with E-state index >= 15 is 0 Å². The first kappa shape index (κ1) is 19.4. The minimum atomic E-state index is -0.405. The lowest BCUT2D eigenvalue weighted by molar-refractivity contribution is 1.08. The molecular weight excluding hydrogens is 510 g/mol. The maximum atomic E-state index is 8.40. The van der Waals surface area contributed by atoms with Crippen molar-refractivity contribution in [1.82, 2.24) is 15.0 Å². The number of fused-ring (bicyclic) bond motifs is 3. The van der Waals surface area contributed by atoms with Gasteiger partial charge in [0.05, 0.1) is 6.85 Å². The molecule has 1 heterocycles. The first-order valence-corrected chi connectivity index (χ1v) is 13.7. The van der Waals surface area contributed by atoms with Crippen LogP contribution in [0.3, 0.4) is 0 Å². The molecule has 0 atom stereocenters. The van der Waals surface area contributed by atoms with E-state index in [1.807, 2.05) is 66.7 Å². The smallest absolute Gasteiger partial charge is 0.164 e. The van der Waals surface area contributed by atoms with E-state index < -0.39 is 6.04 Å². The largest absolute Gasteiger partial charge is 0.208 e. The van der Waals surface area contributed by atoms with Crippen molar-refractivity contribution in [1.29, 1.82) is 0 Å². The number of rotatable bonds is 4. The van der Waals surface area contributed by atoms with Gasteiger partial charge < -0.3 is 0 Å². The van der Waals surface area contributed by atoms with E-state index in [9.17, 15) is 0 Å². The fourth-order valence-electron chi connectivity index (χ4n) is 5.35. The van der Waals surface area contributed by atoms with Gasteiger partial charge in [0, 0.05) is 16.7 Å². The second-order valence-corrected chi connectivity index (χ2v) is 10.2. The summed E-state index contributed by atoms with van der Waals surface area (Å²) < 4.78 is 40.9. The van der Waals surface area contributed by atoms with E-state index in [1.165, 1.54) is 0 Å². The van der Waals surface area contributed by atoms with Crippen LogP contribution in [0.5, 0.6) is 0 Å². The normalized spacial score (nSPS) is 13.0. The lowest BCUT2D eigenvalue weighted by Crippen LogP contribution is -2.00. The molecule has 0 aliphatic heterocycles. The Kier molecular flexibility index (Phi) is 4.65. The Morgan fingerprint density at radius 1 is 0.333 bits per heavy atom. The molecule has 8 aromatic rings. The van der Waals surface area contributed by atoms with Crippen molar-refractivity contribution >= 4 is 32.3 Å². The lowest BCUT2D eigenvalue weighted by Gasteiger charge is -2.11. The predicted octanol–water partition coefficient (Wildman–Crippen LogP) is 10.00. The predicted molar refractivity (Wildman–Crippen MR) is 174 cm³/mol. The summed E-state index contributed by atoms with van der Waals surface area (Å²) in [6.07, 6.45) is 0. The Labute approximate surface area is 250 Å². The van der Waals surface area contributed by atoms with Crippen molar-refractivity contribution < 1.29 is 6.85 Å². The van der Waals surface area contributed by atoms with Crippen LogP contribution in [0.25, 0.3) is 77.6 Å². The Balaban J connectivity index is 1.27. The molecule has 0 bridgehead atoms. The Hall–Kier alpha value is -5.67. The topological polar surface area (TPSA) is 38.7 Å². The Morgan fingerprint density at radius 3 is 1.17 bits per heavy atom. The van der Waals surface area contributed by atoms with E-state index in [2.05, 4.69) is 48.5 Å². The highest BCUT2D eigenvalue weighted by molar-refractivity contribution is 5.91. The van der Waals surface area contributed by atoms with Crippen LogP contribution >= 0.6 is 0 Å². The van der Waals surface area contributed by atoms with Gasteiger partial charge in [-0.15, -0.1) is 0 Å². The summed E-state index contributed by atoms with van der Waals surface area (Å²) in [7, 11) is 0. The molecule has 0 fully saturated rings. The number of aromatic nitrogens is 3. The summed E-state index contributed by atoms with van der Waals surface area (Å²) in [4.78, 5) is 14.9. The third kappa shape index (κ3) is 4.47. The molecule has 196 valence electrons. The molecule has 0 aliphatic rings. The van der Waals surface area contributed by atoms with Gasteiger partial charge in [-0.1, -0.05) is 127 Å². The minimum Gasteiger partial charge on any atom is -0.208 e. The molecule has 0 aliphatic carbocycles. The monoisotopic (exact) mass is 540 g/mol. The number of benzene rings is 7. The lowest BCUT2D eigenvalue weighted by atomic mass is 10.00. The average Bonchev–Trinajstić information content (AvgIpc) is 3.12. The van der Waals surface area contributed by atoms with Crippen LogP contribution in [-0.2, 0) is 0 Å². The molecule has 0 amide bonds. The van der Waals surface area contributed by atoms with Crippen LogP contribution in [0.1, 0.15) is 6.85 Å². The minimum absolute atomic E-state index is 0.180. The molecule has 1 aromatic heterocycles. The maximum Gasteiger partial charge on any atom is 0.164 e. The molecule has 0 unspecified atom stereocenters. The van der Waals surface area contributed by atoms with Crippen molar-refractivity contribution in [2.75, 3.05) is 0 Å². The second-order valence-electron chi connectivity index (χ2n) is 10.2. The van der Waals surface area contributed by atoms with Crippen molar-refractivity contribution in [3.05, 3.63) is 152 Å². The molecule has 3 nitrogen and oxygen atoms in total. The summed E-state index contributed by atoms with van der Waals surface area (Å²) in [5.41, 5.74) is 3.32. The van der Waals surface area contributed by atoms with Gasteiger partial charge in [-0.05, 0) is 67.7 Å². The van der Waals surface area contributed by atoms with Crippen molar-refractivity contribution in [2.45, 2.75) is 0 Å². The van der Waals surface area contributed by atoms with Crippen LogP contribution < -0.4 is 0 Å². The second kappa shape index (κ2) is 10.1. The van der Waals surface area contributed by atoms with E-state index in [-0.39, 0.29) is 29.7 Å². The standard InChI is InChI=1S/C39H25N3/c1-2-8-26(9-3-1)31-16-17-33-25-36(21-18-32(33)22-31)39-41-37(34-19-14-27-10-4-6-12-29(27)23-34)40-38(42-39)35-20-15-28-11-5-7-13-30(28)24-35/h1-25H/i1D,2D,3D,8D,9D.